The van der Waals surface area contributed by atoms with Crippen molar-refractivity contribution in [2.75, 3.05) is 19.8 Å². The molecule has 33 heavy (non-hydrogen) atoms. The average molecular weight is 447 g/mol. The maximum Gasteiger partial charge on any atom is 0.274 e. The predicted octanol–water partition coefficient (Wildman–Crippen LogP) is 0.839. The van der Waals surface area contributed by atoms with Crippen molar-refractivity contribution in [2.24, 2.45) is 0 Å². The number of nitrogens with zero attached hydrogens (tertiary/aromatic N) is 6. The zero-order valence-corrected chi connectivity index (χ0v) is 18.1. The monoisotopic (exact) mass is 447 g/mol. The number of nitrogens with two attached hydrogens (primary N) is 1. The molecule has 0 aliphatic rings. The lowest BCUT2D eigenvalue weighted by atomic mass is 10.0. The van der Waals surface area contributed by atoms with Gasteiger partial charge in [0, 0.05) is 43.4 Å². The molecule has 3 heterocycles. The highest BCUT2D eigenvalue weighted by Crippen LogP contribution is 2.25. The molecule has 1 aromatic carbocycles. The zero-order chi connectivity index (χ0) is 23.8. The van der Waals surface area contributed by atoms with Gasteiger partial charge in [-0.25, -0.2) is 9.67 Å². The maximum atomic E-state index is 12.7. The van der Waals surface area contributed by atoms with Gasteiger partial charge in [-0.1, -0.05) is 17.0 Å². The van der Waals surface area contributed by atoms with Crippen LogP contribution in [0.15, 0.2) is 41.1 Å². The molecular weight excluding hydrogens is 426 g/mol. The molecule has 0 radical (unpaired) electrons. The lowest BCUT2D eigenvalue weighted by Crippen LogP contribution is -2.22. The second-order valence-electron chi connectivity index (χ2n) is 7.62. The van der Waals surface area contributed by atoms with Gasteiger partial charge < -0.3 is 25.4 Å². The number of amides is 1. The van der Waals surface area contributed by atoms with Crippen LogP contribution in [-0.2, 0) is 12.2 Å². The molecule has 0 saturated heterocycles. The zero-order valence-electron chi connectivity index (χ0n) is 18.1. The minimum Gasteiger partial charge on any atom is -0.388 e. The van der Waals surface area contributed by atoms with E-state index in [1.807, 2.05) is 0 Å². The normalized spacial score (nSPS) is 12.8. The number of aromatic nitrogens is 5. The van der Waals surface area contributed by atoms with E-state index in [0.29, 0.717) is 22.3 Å². The fraction of sp³-hybridized carbons (Fsp3) is 0.227. The fourth-order valence-corrected chi connectivity index (χ4v) is 3.09. The van der Waals surface area contributed by atoms with Crippen LogP contribution in [0.3, 0.4) is 0 Å². The molecule has 1 amide bonds. The van der Waals surface area contributed by atoms with Crippen LogP contribution in [0, 0.1) is 11.8 Å². The highest BCUT2D eigenvalue weighted by molar-refractivity contribution is 6.05. The van der Waals surface area contributed by atoms with Gasteiger partial charge in [0.05, 0.1) is 5.52 Å². The van der Waals surface area contributed by atoms with Crippen LogP contribution in [0.5, 0.6) is 0 Å². The summed E-state index contributed by atoms with van der Waals surface area (Å²) in [6.07, 6.45) is 1.50. The third-order valence-corrected chi connectivity index (χ3v) is 4.83. The van der Waals surface area contributed by atoms with Gasteiger partial charge in [0.25, 0.3) is 5.91 Å². The van der Waals surface area contributed by atoms with E-state index in [9.17, 15) is 9.90 Å². The van der Waals surface area contributed by atoms with Crippen molar-refractivity contribution in [3.63, 3.8) is 0 Å². The first-order valence-electron chi connectivity index (χ1n) is 9.85. The van der Waals surface area contributed by atoms with Crippen LogP contribution in [0.25, 0.3) is 16.7 Å². The van der Waals surface area contributed by atoms with Crippen molar-refractivity contribution in [1.29, 1.82) is 0 Å². The number of nitrogen functional groups attached to an aromatic ring is 1. The second kappa shape index (κ2) is 8.34. The number of carbonyl (C=O) groups excluding carboxylic acids is 1. The first-order valence-corrected chi connectivity index (χ1v) is 9.85. The molecule has 0 saturated carbocycles. The smallest absolute Gasteiger partial charge is 0.274 e. The summed E-state index contributed by atoms with van der Waals surface area (Å²) >= 11 is 0. The van der Waals surface area contributed by atoms with Gasteiger partial charge in [0.2, 0.25) is 5.95 Å². The third-order valence-electron chi connectivity index (χ3n) is 4.83. The molecule has 4 N–H and O–H groups in total. The summed E-state index contributed by atoms with van der Waals surface area (Å²) in [4.78, 5) is 22.2. The van der Waals surface area contributed by atoms with Crippen molar-refractivity contribution < 1.29 is 19.5 Å². The van der Waals surface area contributed by atoms with E-state index >= 15 is 0 Å². The minimum absolute atomic E-state index is 0.0680. The number of aliphatic hydroxyl groups is 2. The topological polar surface area (TPSA) is 156 Å². The number of anilines is 1. The Morgan fingerprint density at radius 3 is 2.76 bits per heavy atom. The van der Waals surface area contributed by atoms with Crippen LogP contribution in [0.2, 0.25) is 0 Å². The number of fused-ring (bicyclic) bond motifs is 1. The third kappa shape index (κ3) is 4.25. The van der Waals surface area contributed by atoms with Gasteiger partial charge in [-0.15, -0.1) is 0 Å². The Kier molecular flexibility index (Phi) is 5.55. The van der Waals surface area contributed by atoms with Gasteiger partial charge in [-0.3, -0.25) is 4.79 Å². The summed E-state index contributed by atoms with van der Waals surface area (Å²) in [6.45, 7) is 1.14. The Morgan fingerprint density at radius 1 is 1.30 bits per heavy atom. The van der Waals surface area contributed by atoms with Crippen LogP contribution in [-0.4, -0.2) is 60.0 Å². The first-order chi connectivity index (χ1) is 15.7. The van der Waals surface area contributed by atoms with Gasteiger partial charge in [-0.05, 0) is 25.1 Å². The lowest BCUT2D eigenvalue weighted by molar-refractivity contribution is 0.0823. The molecule has 168 valence electrons. The Hall–Kier alpha value is -4.27. The Balaban J connectivity index is 1.82. The number of hydrogen-bond donors (Lipinski definition) is 3. The number of carbonyl (C=O) groups is 1. The number of benzene rings is 1. The van der Waals surface area contributed by atoms with Gasteiger partial charge in [0.15, 0.2) is 22.9 Å². The summed E-state index contributed by atoms with van der Waals surface area (Å²) in [5.74, 6) is 6.09. The molecule has 0 bridgehead atoms. The van der Waals surface area contributed by atoms with Gasteiger partial charge >= 0.3 is 0 Å². The lowest BCUT2D eigenvalue weighted by Gasteiger charge is -2.11. The highest BCUT2D eigenvalue weighted by atomic mass is 16.5. The van der Waals surface area contributed by atoms with Crippen LogP contribution in [0.1, 0.15) is 34.4 Å². The van der Waals surface area contributed by atoms with Crippen LogP contribution in [0.4, 0.5) is 5.95 Å². The molecule has 0 aliphatic carbocycles. The van der Waals surface area contributed by atoms with E-state index in [1.165, 1.54) is 28.8 Å². The van der Waals surface area contributed by atoms with E-state index in [0.717, 1.165) is 0 Å². The largest absolute Gasteiger partial charge is 0.388 e. The van der Waals surface area contributed by atoms with Crippen molar-refractivity contribution in [3.05, 3.63) is 59.2 Å². The highest BCUT2D eigenvalue weighted by Gasteiger charge is 2.25. The van der Waals surface area contributed by atoms with E-state index in [-0.39, 0.29) is 35.6 Å². The molecule has 1 atom stereocenters. The predicted molar refractivity (Wildman–Crippen MR) is 118 cm³/mol. The molecule has 4 rings (SSSR count). The van der Waals surface area contributed by atoms with Gasteiger partial charge in [0.1, 0.15) is 12.3 Å². The SMILES string of the molecule is CN(C)C(=O)c1nn(-c2ccnc(N)n2)c2cc(C#CC(C)(O)c3cc(CO)on3)ccc12. The van der Waals surface area contributed by atoms with Gasteiger partial charge in [-0.2, -0.15) is 10.1 Å². The van der Waals surface area contributed by atoms with E-state index in [1.54, 1.807) is 38.4 Å². The quantitative estimate of drug-likeness (QED) is 0.386. The molecule has 1 unspecified atom stereocenters. The summed E-state index contributed by atoms with van der Waals surface area (Å²) in [5.41, 5.74) is 5.68. The molecule has 11 nitrogen and oxygen atoms in total. The number of aliphatic hydroxyl groups excluding tert-OH is 1. The van der Waals surface area contributed by atoms with Crippen molar-refractivity contribution in [1.82, 2.24) is 29.8 Å². The summed E-state index contributed by atoms with van der Waals surface area (Å²) in [5, 5.41) is 28.7. The standard InChI is InChI=1S/C22H21N7O4/c1-22(32,17-11-14(12-30)33-27-17)8-6-13-4-5-15-16(10-13)29(18-7-9-24-21(23)25-18)26-19(15)20(31)28(2)3/h4-5,7,9-11,30,32H,12H2,1-3H3,(H2,23,24,25). The maximum absolute atomic E-state index is 12.7. The molecule has 4 aromatic rings. The number of hydrogen-bond acceptors (Lipinski definition) is 9. The van der Waals surface area contributed by atoms with Crippen LogP contribution < -0.4 is 5.73 Å². The summed E-state index contributed by atoms with van der Waals surface area (Å²) in [7, 11) is 3.29. The Labute approximate surface area is 188 Å². The molecule has 0 spiro atoms. The minimum atomic E-state index is -1.61. The fourth-order valence-electron chi connectivity index (χ4n) is 3.09. The second-order valence-corrected chi connectivity index (χ2v) is 7.62. The molecule has 0 aliphatic heterocycles. The van der Waals surface area contributed by atoms with E-state index in [4.69, 9.17) is 15.4 Å². The molecule has 3 aromatic heterocycles. The van der Waals surface area contributed by atoms with Crippen LogP contribution >= 0.6 is 0 Å². The Morgan fingerprint density at radius 2 is 2.09 bits per heavy atom. The molecule has 11 heteroatoms. The summed E-state index contributed by atoms with van der Waals surface area (Å²) < 4.78 is 6.43. The molecular formula is C22H21N7O4. The van der Waals surface area contributed by atoms with Crippen molar-refractivity contribution in [2.45, 2.75) is 19.1 Å². The van der Waals surface area contributed by atoms with Crippen molar-refractivity contribution in [3.8, 4) is 17.7 Å². The molecule has 0 fully saturated rings. The van der Waals surface area contributed by atoms with Crippen molar-refractivity contribution >= 4 is 22.8 Å². The summed E-state index contributed by atoms with van der Waals surface area (Å²) in [6, 6.07) is 8.25. The Bertz CT molecular complexity index is 1410. The first kappa shape index (κ1) is 21.9. The van der Waals surface area contributed by atoms with E-state index in [2.05, 4.69) is 32.1 Å². The average Bonchev–Trinajstić information content (AvgIpc) is 3.42. The van der Waals surface area contributed by atoms with E-state index < -0.39 is 5.60 Å². The number of rotatable bonds is 4.